The summed E-state index contributed by atoms with van der Waals surface area (Å²) in [5, 5.41) is 18.4. The Balaban J connectivity index is 1.48. The lowest BCUT2D eigenvalue weighted by atomic mass is 9.97. The lowest BCUT2D eigenvalue weighted by Crippen LogP contribution is -2.42. The molecular weight excluding hydrogens is 382 g/mol. The molecule has 0 radical (unpaired) electrons. The molecular formula is C22H29N5O3. The summed E-state index contributed by atoms with van der Waals surface area (Å²) < 4.78 is 11.2. The summed E-state index contributed by atoms with van der Waals surface area (Å²) in [5.74, 6) is 2.66. The van der Waals surface area contributed by atoms with Gasteiger partial charge in [0.25, 0.3) is 0 Å². The minimum atomic E-state index is -0.669. The molecule has 160 valence electrons. The van der Waals surface area contributed by atoms with E-state index in [1.807, 2.05) is 33.0 Å². The summed E-state index contributed by atoms with van der Waals surface area (Å²) in [6, 6.07) is 5.71. The van der Waals surface area contributed by atoms with Gasteiger partial charge in [-0.2, -0.15) is 0 Å². The Morgan fingerprint density at radius 2 is 2.03 bits per heavy atom. The van der Waals surface area contributed by atoms with Crippen molar-refractivity contribution in [1.82, 2.24) is 14.9 Å². The van der Waals surface area contributed by atoms with Crippen molar-refractivity contribution in [2.24, 2.45) is 0 Å². The fourth-order valence-electron chi connectivity index (χ4n) is 4.22. The number of ether oxygens (including phenoxy) is 2. The molecule has 2 N–H and O–H groups in total. The van der Waals surface area contributed by atoms with Crippen molar-refractivity contribution in [3.8, 4) is 11.6 Å². The van der Waals surface area contributed by atoms with E-state index < -0.39 is 5.54 Å². The normalized spacial score (nSPS) is 21.7. The standard InChI is InChI=1S/C22H29N5O3/c1-14-11-17-19(22(2,13-28)26(3)20(17)23)25-21(14)27-9-7-15(8-10-27)30-16-5-6-18(29-4)24-12-16/h5-6,11-12,15,23,28H,7-10,13H2,1-4H3/t22-/m0/s1. The minimum absolute atomic E-state index is 0.0831. The van der Waals surface area contributed by atoms with Crippen LogP contribution >= 0.6 is 0 Å². The minimum Gasteiger partial charge on any atom is -0.489 e. The zero-order valence-electron chi connectivity index (χ0n) is 18.0. The van der Waals surface area contributed by atoms with E-state index in [1.165, 1.54) is 0 Å². The summed E-state index contributed by atoms with van der Waals surface area (Å²) in [6.45, 7) is 5.56. The second-order valence-corrected chi connectivity index (χ2v) is 8.21. The largest absolute Gasteiger partial charge is 0.489 e. The average molecular weight is 412 g/mol. The molecule has 0 bridgehead atoms. The topological polar surface area (TPSA) is 94.8 Å². The van der Waals surface area contributed by atoms with E-state index in [4.69, 9.17) is 19.9 Å². The fraction of sp³-hybridized carbons (Fsp3) is 0.500. The third kappa shape index (κ3) is 3.35. The highest BCUT2D eigenvalue weighted by atomic mass is 16.5. The summed E-state index contributed by atoms with van der Waals surface area (Å²) >= 11 is 0. The number of piperidine rings is 1. The number of aliphatic hydroxyl groups excluding tert-OH is 1. The Morgan fingerprint density at radius 1 is 1.30 bits per heavy atom. The maximum Gasteiger partial charge on any atom is 0.213 e. The molecule has 30 heavy (non-hydrogen) atoms. The Kier molecular flexibility index (Phi) is 5.27. The van der Waals surface area contributed by atoms with Gasteiger partial charge in [0.05, 0.1) is 25.6 Å². The maximum atomic E-state index is 10.0. The Bertz CT molecular complexity index is 941. The number of nitrogens with one attached hydrogen (secondary N) is 1. The highest BCUT2D eigenvalue weighted by molar-refractivity contribution is 6.01. The van der Waals surface area contributed by atoms with Gasteiger partial charge in [0.15, 0.2) is 0 Å². The number of pyridine rings is 2. The SMILES string of the molecule is COc1ccc(OC2CCN(c3nc4c(cc3C)C(=N)N(C)[C@@]4(C)CO)CC2)cn1. The second-order valence-electron chi connectivity index (χ2n) is 8.21. The van der Waals surface area contributed by atoms with Crippen LogP contribution in [-0.4, -0.2) is 65.8 Å². The number of hydrogen-bond acceptors (Lipinski definition) is 7. The third-order valence-corrected chi connectivity index (χ3v) is 6.30. The van der Waals surface area contributed by atoms with Crippen molar-refractivity contribution >= 4 is 11.7 Å². The van der Waals surface area contributed by atoms with Gasteiger partial charge < -0.3 is 24.4 Å². The molecule has 0 saturated carbocycles. The summed E-state index contributed by atoms with van der Waals surface area (Å²) in [4.78, 5) is 13.2. The Morgan fingerprint density at radius 3 is 2.63 bits per heavy atom. The van der Waals surface area contributed by atoms with E-state index in [2.05, 4.69) is 9.88 Å². The molecule has 0 aromatic carbocycles. The molecule has 2 aromatic rings. The van der Waals surface area contributed by atoms with Gasteiger partial charge in [-0.15, -0.1) is 0 Å². The molecule has 0 unspecified atom stereocenters. The molecule has 4 heterocycles. The fourth-order valence-corrected chi connectivity index (χ4v) is 4.22. The number of aromatic nitrogens is 2. The molecule has 4 rings (SSSR count). The van der Waals surface area contributed by atoms with E-state index in [9.17, 15) is 5.11 Å². The average Bonchev–Trinajstić information content (AvgIpc) is 2.95. The number of amidine groups is 1. The summed E-state index contributed by atoms with van der Waals surface area (Å²) in [6.07, 6.45) is 3.60. The molecule has 2 aromatic heterocycles. The number of nitrogens with zero attached hydrogens (tertiary/aromatic N) is 4. The van der Waals surface area contributed by atoms with Crippen LogP contribution in [0.2, 0.25) is 0 Å². The molecule has 8 nitrogen and oxygen atoms in total. The summed E-state index contributed by atoms with van der Waals surface area (Å²) in [5.41, 5.74) is 1.96. The first-order valence-electron chi connectivity index (χ1n) is 10.2. The van der Waals surface area contributed by atoms with E-state index in [0.29, 0.717) is 11.7 Å². The first kappa shape index (κ1) is 20.4. The van der Waals surface area contributed by atoms with Gasteiger partial charge in [0, 0.05) is 44.6 Å². The lowest BCUT2D eigenvalue weighted by molar-refractivity contribution is 0.118. The van der Waals surface area contributed by atoms with Crippen LogP contribution in [-0.2, 0) is 5.54 Å². The van der Waals surface area contributed by atoms with Crippen molar-refractivity contribution in [1.29, 1.82) is 5.41 Å². The smallest absolute Gasteiger partial charge is 0.213 e. The molecule has 0 spiro atoms. The molecule has 8 heteroatoms. The highest BCUT2D eigenvalue weighted by Crippen LogP contribution is 2.39. The molecule has 0 aliphatic carbocycles. The Labute approximate surface area is 177 Å². The number of anilines is 1. The van der Waals surface area contributed by atoms with Crippen LogP contribution in [0.1, 0.15) is 36.6 Å². The predicted molar refractivity (Wildman–Crippen MR) is 115 cm³/mol. The first-order valence-corrected chi connectivity index (χ1v) is 10.2. The highest BCUT2D eigenvalue weighted by Gasteiger charge is 2.44. The maximum absolute atomic E-state index is 10.0. The molecule has 2 aliphatic rings. The van der Waals surface area contributed by atoms with Crippen LogP contribution in [0.4, 0.5) is 5.82 Å². The van der Waals surface area contributed by atoms with Crippen molar-refractivity contribution in [2.45, 2.75) is 38.3 Å². The Hall–Kier alpha value is -2.87. The van der Waals surface area contributed by atoms with Crippen LogP contribution in [0, 0.1) is 12.3 Å². The predicted octanol–water partition coefficient (Wildman–Crippen LogP) is 2.32. The summed E-state index contributed by atoms with van der Waals surface area (Å²) in [7, 11) is 3.43. The van der Waals surface area contributed by atoms with Gasteiger partial charge in [0.2, 0.25) is 5.88 Å². The van der Waals surface area contributed by atoms with Gasteiger partial charge in [-0.05, 0) is 31.5 Å². The number of aliphatic hydroxyl groups is 1. The van der Waals surface area contributed by atoms with Crippen LogP contribution < -0.4 is 14.4 Å². The van der Waals surface area contributed by atoms with E-state index in [0.717, 1.165) is 54.3 Å². The third-order valence-electron chi connectivity index (χ3n) is 6.30. The second kappa shape index (κ2) is 7.75. The first-order chi connectivity index (χ1) is 14.4. The molecule has 1 saturated heterocycles. The van der Waals surface area contributed by atoms with Gasteiger partial charge in [-0.3, -0.25) is 5.41 Å². The molecule has 0 amide bonds. The van der Waals surface area contributed by atoms with Crippen molar-refractivity contribution < 1.29 is 14.6 Å². The number of aryl methyl sites for hydroxylation is 1. The lowest BCUT2D eigenvalue weighted by Gasteiger charge is -2.35. The molecule has 1 fully saturated rings. The van der Waals surface area contributed by atoms with Crippen LogP contribution in [0.15, 0.2) is 24.4 Å². The quantitative estimate of drug-likeness (QED) is 0.780. The van der Waals surface area contributed by atoms with Crippen LogP contribution in [0.3, 0.4) is 0 Å². The van der Waals surface area contributed by atoms with Crippen molar-refractivity contribution in [3.05, 3.63) is 41.2 Å². The number of fused-ring (bicyclic) bond motifs is 1. The number of rotatable bonds is 5. The zero-order valence-corrected chi connectivity index (χ0v) is 18.0. The van der Waals surface area contributed by atoms with Gasteiger partial charge >= 0.3 is 0 Å². The molecule has 1 atom stereocenters. The van der Waals surface area contributed by atoms with E-state index in [-0.39, 0.29) is 12.7 Å². The van der Waals surface area contributed by atoms with Gasteiger partial charge in [-0.25, -0.2) is 9.97 Å². The monoisotopic (exact) mass is 411 g/mol. The van der Waals surface area contributed by atoms with Gasteiger partial charge in [0.1, 0.15) is 29.0 Å². The number of hydrogen-bond donors (Lipinski definition) is 2. The van der Waals surface area contributed by atoms with Crippen molar-refractivity contribution in [2.75, 3.05) is 38.8 Å². The zero-order chi connectivity index (χ0) is 21.5. The number of methoxy groups -OCH3 is 1. The van der Waals surface area contributed by atoms with Crippen LogP contribution in [0.5, 0.6) is 11.6 Å². The van der Waals surface area contributed by atoms with E-state index >= 15 is 0 Å². The molecule has 2 aliphatic heterocycles. The van der Waals surface area contributed by atoms with Gasteiger partial charge in [-0.1, -0.05) is 0 Å². The van der Waals surface area contributed by atoms with Crippen LogP contribution in [0.25, 0.3) is 0 Å². The van der Waals surface area contributed by atoms with Crippen molar-refractivity contribution in [3.63, 3.8) is 0 Å². The van der Waals surface area contributed by atoms with E-state index in [1.54, 1.807) is 24.3 Å². The number of likely N-dealkylation sites (N-methyl/N-ethyl adjacent to an activating group) is 1.